The number of rotatable bonds is 7. The molecule has 118 valence electrons. The minimum absolute atomic E-state index is 0.194. The van der Waals surface area contributed by atoms with Gasteiger partial charge in [0, 0.05) is 39.0 Å². The van der Waals surface area contributed by atoms with Gasteiger partial charge in [0.2, 0.25) is 0 Å². The number of aliphatic hydroxyl groups is 1. The summed E-state index contributed by atoms with van der Waals surface area (Å²) in [6, 6.07) is 19.1. The molecule has 0 bridgehead atoms. The Labute approximate surface area is 133 Å². The highest BCUT2D eigenvalue weighted by Gasteiger charge is 2.17. The van der Waals surface area contributed by atoms with Crippen LogP contribution in [0, 0.1) is 0 Å². The molecule has 2 aromatic carbocycles. The highest BCUT2D eigenvalue weighted by Crippen LogP contribution is 2.27. The number of nitrogens with zero attached hydrogens (tertiary/aromatic N) is 2. The molecule has 1 N–H and O–H groups in total. The van der Waals surface area contributed by atoms with E-state index >= 15 is 0 Å². The van der Waals surface area contributed by atoms with Crippen LogP contribution in [0.15, 0.2) is 54.6 Å². The molecule has 0 aromatic heterocycles. The van der Waals surface area contributed by atoms with E-state index in [2.05, 4.69) is 79.5 Å². The van der Waals surface area contributed by atoms with Crippen LogP contribution in [0.4, 0.5) is 5.69 Å². The van der Waals surface area contributed by atoms with E-state index in [1.165, 1.54) is 16.8 Å². The van der Waals surface area contributed by atoms with Gasteiger partial charge >= 0.3 is 0 Å². The van der Waals surface area contributed by atoms with E-state index in [1.807, 2.05) is 6.07 Å². The largest absolute Gasteiger partial charge is 0.396 e. The standard InChI is InChI=1S/C19H26N2O/c1-20(2)18-12-8-7-11-17(18)15-21(3)19(13-14-22)16-9-5-4-6-10-16/h4-12,19,22H,13-15H2,1-3H3. The molecule has 0 aliphatic rings. The lowest BCUT2D eigenvalue weighted by molar-refractivity contribution is 0.180. The van der Waals surface area contributed by atoms with Crippen LogP contribution in [0.2, 0.25) is 0 Å². The maximum Gasteiger partial charge on any atom is 0.0449 e. The fourth-order valence-corrected chi connectivity index (χ4v) is 2.90. The van der Waals surface area contributed by atoms with Crippen molar-refractivity contribution < 1.29 is 5.11 Å². The van der Waals surface area contributed by atoms with E-state index in [-0.39, 0.29) is 12.6 Å². The predicted octanol–water partition coefficient (Wildman–Crippen LogP) is 3.31. The molecule has 1 unspecified atom stereocenters. The molecule has 0 radical (unpaired) electrons. The van der Waals surface area contributed by atoms with Crippen molar-refractivity contribution in [2.45, 2.75) is 19.0 Å². The van der Waals surface area contributed by atoms with Crippen LogP contribution < -0.4 is 4.90 Å². The lowest BCUT2D eigenvalue weighted by Crippen LogP contribution is -2.26. The van der Waals surface area contributed by atoms with Gasteiger partial charge in [0.05, 0.1) is 0 Å². The van der Waals surface area contributed by atoms with Crippen molar-refractivity contribution in [3.63, 3.8) is 0 Å². The van der Waals surface area contributed by atoms with Crippen molar-refractivity contribution >= 4 is 5.69 Å². The minimum Gasteiger partial charge on any atom is -0.396 e. The Balaban J connectivity index is 2.20. The number of para-hydroxylation sites is 1. The second kappa shape index (κ2) is 7.97. The summed E-state index contributed by atoms with van der Waals surface area (Å²) < 4.78 is 0. The average molecular weight is 298 g/mol. The zero-order valence-corrected chi connectivity index (χ0v) is 13.7. The van der Waals surface area contributed by atoms with Gasteiger partial charge in [-0.25, -0.2) is 0 Å². The summed E-state index contributed by atoms with van der Waals surface area (Å²) in [6.45, 7) is 1.05. The lowest BCUT2D eigenvalue weighted by atomic mass is 10.0. The summed E-state index contributed by atoms with van der Waals surface area (Å²) in [5.41, 5.74) is 3.79. The zero-order valence-electron chi connectivity index (χ0n) is 13.7. The number of benzene rings is 2. The Morgan fingerprint density at radius 1 is 0.909 bits per heavy atom. The first-order valence-corrected chi connectivity index (χ1v) is 7.74. The Morgan fingerprint density at radius 3 is 2.18 bits per heavy atom. The van der Waals surface area contributed by atoms with Gasteiger partial charge in [-0.15, -0.1) is 0 Å². The summed E-state index contributed by atoms with van der Waals surface area (Å²) in [7, 11) is 6.27. The third-order valence-electron chi connectivity index (χ3n) is 4.01. The fourth-order valence-electron chi connectivity index (χ4n) is 2.90. The SMILES string of the molecule is CN(C)c1ccccc1CN(C)C(CCO)c1ccccc1. The molecule has 1 atom stereocenters. The topological polar surface area (TPSA) is 26.7 Å². The Morgan fingerprint density at radius 2 is 1.55 bits per heavy atom. The van der Waals surface area contributed by atoms with Crippen molar-refractivity contribution in [3.05, 3.63) is 65.7 Å². The molecule has 3 heteroatoms. The van der Waals surface area contributed by atoms with Crippen LogP contribution in [0.3, 0.4) is 0 Å². The fraction of sp³-hybridized carbons (Fsp3) is 0.368. The van der Waals surface area contributed by atoms with E-state index in [9.17, 15) is 5.11 Å². The molecule has 0 fully saturated rings. The molecule has 0 aliphatic carbocycles. The molecular formula is C19H26N2O. The van der Waals surface area contributed by atoms with E-state index in [1.54, 1.807) is 0 Å². The average Bonchev–Trinajstić information content (AvgIpc) is 2.53. The Kier molecular flexibility index (Phi) is 5.99. The lowest BCUT2D eigenvalue weighted by Gasteiger charge is -2.29. The van der Waals surface area contributed by atoms with E-state index in [4.69, 9.17) is 0 Å². The van der Waals surface area contributed by atoms with Crippen LogP contribution >= 0.6 is 0 Å². The number of hydrogen-bond donors (Lipinski definition) is 1. The first-order chi connectivity index (χ1) is 10.6. The van der Waals surface area contributed by atoms with E-state index < -0.39 is 0 Å². The Bertz CT molecular complexity index is 569. The van der Waals surface area contributed by atoms with Crippen LogP contribution in [0.5, 0.6) is 0 Å². The van der Waals surface area contributed by atoms with Gasteiger partial charge in [-0.2, -0.15) is 0 Å². The first kappa shape index (κ1) is 16.5. The smallest absolute Gasteiger partial charge is 0.0449 e. The highest BCUT2D eigenvalue weighted by molar-refractivity contribution is 5.52. The number of hydrogen-bond acceptors (Lipinski definition) is 3. The molecular weight excluding hydrogens is 272 g/mol. The van der Waals surface area contributed by atoms with Crippen molar-refractivity contribution in [1.82, 2.24) is 4.90 Å². The summed E-state index contributed by atoms with van der Waals surface area (Å²) in [5.74, 6) is 0. The molecule has 22 heavy (non-hydrogen) atoms. The van der Waals surface area contributed by atoms with E-state index in [0.717, 1.165) is 13.0 Å². The summed E-state index contributed by atoms with van der Waals surface area (Å²) in [4.78, 5) is 4.46. The number of aliphatic hydroxyl groups excluding tert-OH is 1. The van der Waals surface area contributed by atoms with Gasteiger partial charge in [-0.05, 0) is 30.7 Å². The maximum absolute atomic E-state index is 9.42. The van der Waals surface area contributed by atoms with Crippen molar-refractivity contribution in [3.8, 4) is 0 Å². The molecule has 0 heterocycles. The van der Waals surface area contributed by atoms with Crippen molar-refractivity contribution in [1.29, 1.82) is 0 Å². The van der Waals surface area contributed by atoms with Crippen LogP contribution in [-0.4, -0.2) is 37.8 Å². The maximum atomic E-state index is 9.42. The molecule has 2 aromatic rings. The van der Waals surface area contributed by atoms with Crippen LogP contribution in [-0.2, 0) is 6.54 Å². The van der Waals surface area contributed by atoms with E-state index in [0.29, 0.717) is 0 Å². The van der Waals surface area contributed by atoms with Gasteiger partial charge in [0.1, 0.15) is 0 Å². The molecule has 2 rings (SSSR count). The summed E-state index contributed by atoms with van der Waals surface area (Å²) in [6.07, 6.45) is 0.741. The monoisotopic (exact) mass is 298 g/mol. The second-order valence-corrected chi connectivity index (χ2v) is 5.88. The molecule has 0 amide bonds. The van der Waals surface area contributed by atoms with Crippen LogP contribution in [0.25, 0.3) is 0 Å². The molecule has 0 aliphatic heterocycles. The van der Waals surface area contributed by atoms with Gasteiger partial charge in [0.15, 0.2) is 0 Å². The normalized spacial score (nSPS) is 12.4. The van der Waals surface area contributed by atoms with Gasteiger partial charge in [0.25, 0.3) is 0 Å². The highest BCUT2D eigenvalue weighted by atomic mass is 16.3. The summed E-state index contributed by atoms with van der Waals surface area (Å²) in [5, 5.41) is 9.42. The van der Waals surface area contributed by atoms with Crippen molar-refractivity contribution in [2.75, 3.05) is 32.6 Å². The van der Waals surface area contributed by atoms with Gasteiger partial charge in [-0.3, -0.25) is 4.90 Å². The van der Waals surface area contributed by atoms with Crippen LogP contribution in [0.1, 0.15) is 23.6 Å². The minimum atomic E-state index is 0.194. The molecule has 0 spiro atoms. The third-order valence-corrected chi connectivity index (χ3v) is 4.01. The first-order valence-electron chi connectivity index (χ1n) is 7.74. The second-order valence-electron chi connectivity index (χ2n) is 5.88. The number of anilines is 1. The quantitative estimate of drug-likeness (QED) is 0.849. The predicted molar refractivity (Wildman–Crippen MR) is 93.1 cm³/mol. The third kappa shape index (κ3) is 4.09. The molecule has 0 saturated heterocycles. The molecule has 0 saturated carbocycles. The summed E-state index contributed by atoms with van der Waals surface area (Å²) >= 11 is 0. The molecule has 3 nitrogen and oxygen atoms in total. The Hall–Kier alpha value is -1.84. The van der Waals surface area contributed by atoms with Gasteiger partial charge < -0.3 is 10.0 Å². The van der Waals surface area contributed by atoms with Crippen molar-refractivity contribution in [2.24, 2.45) is 0 Å². The zero-order chi connectivity index (χ0) is 15.9. The van der Waals surface area contributed by atoms with Gasteiger partial charge in [-0.1, -0.05) is 48.5 Å².